The van der Waals surface area contributed by atoms with E-state index in [-0.39, 0.29) is 12.1 Å². The Hall–Kier alpha value is -2.61. The summed E-state index contributed by atoms with van der Waals surface area (Å²) in [5.41, 5.74) is 3.12. The van der Waals surface area contributed by atoms with Gasteiger partial charge in [-0.05, 0) is 67.5 Å². The van der Waals surface area contributed by atoms with Crippen molar-refractivity contribution in [3.63, 3.8) is 0 Å². The third-order valence-electron chi connectivity index (χ3n) is 6.92. The molecule has 1 N–H and O–H groups in total. The topological polar surface area (TPSA) is 51.6 Å². The molecule has 3 heterocycles. The molecule has 1 saturated carbocycles. The molecule has 8 heteroatoms. The normalized spacial score (nSPS) is 20.7. The quantitative estimate of drug-likeness (QED) is 0.286. The van der Waals surface area contributed by atoms with Gasteiger partial charge in [-0.2, -0.15) is 0 Å². The van der Waals surface area contributed by atoms with E-state index in [0.717, 1.165) is 11.4 Å². The molecule has 0 spiro atoms. The van der Waals surface area contributed by atoms with Crippen molar-refractivity contribution < 1.29 is 9.47 Å². The Labute approximate surface area is 217 Å². The number of nitrogens with one attached hydrogen (secondary N) is 1. The van der Waals surface area contributed by atoms with Crippen molar-refractivity contribution in [1.29, 1.82) is 0 Å². The molecule has 2 atom stereocenters. The van der Waals surface area contributed by atoms with Crippen LogP contribution in [0.5, 0.6) is 5.75 Å². The van der Waals surface area contributed by atoms with Crippen LogP contribution in [-0.2, 0) is 4.74 Å². The number of pyridine rings is 1. The molecule has 3 aromatic rings. The number of nitrogens with zero attached hydrogens (tertiary/aromatic N) is 3. The SMILES string of the molecule is COCCOc1ccc(N2C(=S)N[C@@H](c3ccccn3)[C@@H]2c2cccn2C2CCCCC2)cc1Cl. The third-order valence-corrected chi connectivity index (χ3v) is 7.53. The van der Waals surface area contributed by atoms with Crippen molar-refractivity contribution in [3.8, 4) is 5.75 Å². The fourth-order valence-electron chi connectivity index (χ4n) is 5.27. The monoisotopic (exact) mass is 510 g/mol. The Morgan fingerprint density at radius 3 is 2.69 bits per heavy atom. The van der Waals surface area contributed by atoms with Crippen LogP contribution in [0.4, 0.5) is 5.69 Å². The molecule has 0 unspecified atom stereocenters. The summed E-state index contributed by atoms with van der Waals surface area (Å²) in [4.78, 5) is 6.86. The van der Waals surface area contributed by atoms with Crippen molar-refractivity contribution in [1.82, 2.24) is 14.9 Å². The van der Waals surface area contributed by atoms with E-state index in [4.69, 9.17) is 33.3 Å². The van der Waals surface area contributed by atoms with E-state index < -0.39 is 0 Å². The summed E-state index contributed by atoms with van der Waals surface area (Å²) in [6.07, 6.45) is 10.3. The zero-order valence-electron chi connectivity index (χ0n) is 19.9. The predicted molar refractivity (Wildman–Crippen MR) is 143 cm³/mol. The number of aromatic nitrogens is 2. The summed E-state index contributed by atoms with van der Waals surface area (Å²) in [7, 11) is 1.65. The average molecular weight is 511 g/mol. The lowest BCUT2D eigenvalue weighted by atomic mass is 9.94. The molecule has 2 fully saturated rings. The lowest BCUT2D eigenvalue weighted by Crippen LogP contribution is -2.31. The predicted octanol–water partition coefficient (Wildman–Crippen LogP) is 6.24. The molecule has 0 amide bonds. The van der Waals surface area contributed by atoms with Crippen molar-refractivity contribution in [2.75, 3.05) is 25.2 Å². The van der Waals surface area contributed by atoms with Crippen LogP contribution in [-0.4, -0.2) is 35.0 Å². The number of ether oxygens (including phenoxy) is 2. The van der Waals surface area contributed by atoms with Gasteiger partial charge in [0.05, 0.1) is 23.4 Å². The van der Waals surface area contributed by atoms with Crippen LogP contribution in [0.1, 0.15) is 61.6 Å². The van der Waals surface area contributed by atoms with Crippen molar-refractivity contribution in [3.05, 3.63) is 77.3 Å². The summed E-state index contributed by atoms with van der Waals surface area (Å²) >= 11 is 12.5. The van der Waals surface area contributed by atoms with Crippen molar-refractivity contribution in [2.45, 2.75) is 50.2 Å². The molecule has 1 saturated heterocycles. The first-order valence-electron chi connectivity index (χ1n) is 12.3. The smallest absolute Gasteiger partial charge is 0.174 e. The zero-order valence-corrected chi connectivity index (χ0v) is 21.5. The molecule has 1 aromatic carbocycles. The Bertz CT molecular complexity index is 1150. The van der Waals surface area contributed by atoms with Gasteiger partial charge >= 0.3 is 0 Å². The highest BCUT2D eigenvalue weighted by atomic mass is 35.5. The van der Waals surface area contributed by atoms with Gasteiger partial charge in [0.25, 0.3) is 0 Å². The summed E-state index contributed by atoms with van der Waals surface area (Å²) in [6.45, 7) is 0.947. The van der Waals surface area contributed by atoms with Gasteiger partial charge in [-0.15, -0.1) is 0 Å². The van der Waals surface area contributed by atoms with E-state index in [1.807, 2.05) is 36.5 Å². The number of halogens is 1. The minimum Gasteiger partial charge on any atom is -0.490 e. The van der Waals surface area contributed by atoms with E-state index in [1.165, 1.54) is 37.8 Å². The maximum Gasteiger partial charge on any atom is 0.174 e. The summed E-state index contributed by atoms with van der Waals surface area (Å²) in [5, 5.41) is 4.76. The highest BCUT2D eigenvalue weighted by molar-refractivity contribution is 7.80. The second-order valence-electron chi connectivity index (χ2n) is 9.08. The molecule has 1 aliphatic carbocycles. The van der Waals surface area contributed by atoms with E-state index in [1.54, 1.807) is 7.11 Å². The summed E-state index contributed by atoms with van der Waals surface area (Å²) in [5.74, 6) is 0.633. The van der Waals surface area contributed by atoms with Gasteiger partial charge in [-0.3, -0.25) is 4.98 Å². The number of methoxy groups -OCH3 is 1. The number of rotatable bonds is 8. The second kappa shape index (κ2) is 11.0. The number of anilines is 1. The van der Waals surface area contributed by atoms with Crippen LogP contribution in [0.25, 0.3) is 0 Å². The van der Waals surface area contributed by atoms with Crippen LogP contribution in [0.3, 0.4) is 0 Å². The highest BCUT2D eigenvalue weighted by Gasteiger charge is 2.42. The van der Waals surface area contributed by atoms with Crippen LogP contribution in [0.15, 0.2) is 60.9 Å². The first-order chi connectivity index (χ1) is 17.2. The van der Waals surface area contributed by atoms with Crippen LogP contribution >= 0.6 is 23.8 Å². The molecule has 35 heavy (non-hydrogen) atoms. The molecule has 6 nitrogen and oxygen atoms in total. The first-order valence-corrected chi connectivity index (χ1v) is 13.0. The van der Waals surface area contributed by atoms with Gasteiger partial charge in [0, 0.05) is 36.9 Å². The maximum absolute atomic E-state index is 6.64. The number of benzene rings is 1. The van der Waals surface area contributed by atoms with E-state index in [0.29, 0.717) is 35.1 Å². The van der Waals surface area contributed by atoms with Gasteiger partial charge in [0.15, 0.2) is 5.11 Å². The molecule has 1 aliphatic heterocycles. The lowest BCUT2D eigenvalue weighted by Gasteiger charge is -2.32. The van der Waals surface area contributed by atoms with E-state index in [2.05, 4.69) is 44.2 Å². The standard InChI is InChI=1S/C27H31ClN4O2S/c1-33-16-17-34-24-13-12-20(18-21(24)28)32-26(25(30-27(32)35)22-10-5-6-14-29-22)23-11-7-15-31(23)19-8-3-2-4-9-19/h5-7,10-15,18-19,25-26H,2-4,8-9,16-17H2,1H3,(H,30,35)/t25-,26-/m0/s1. The molecule has 184 valence electrons. The minimum absolute atomic E-state index is 0.0642. The van der Waals surface area contributed by atoms with Crippen LogP contribution in [0.2, 0.25) is 5.02 Å². The Balaban J connectivity index is 1.53. The second-order valence-corrected chi connectivity index (χ2v) is 9.88. The zero-order chi connectivity index (χ0) is 24.2. The van der Waals surface area contributed by atoms with Gasteiger partial charge in [0.2, 0.25) is 0 Å². The van der Waals surface area contributed by atoms with E-state index in [9.17, 15) is 0 Å². The third kappa shape index (κ3) is 5.03. The van der Waals surface area contributed by atoms with Gasteiger partial charge < -0.3 is 24.3 Å². The molecular formula is C27H31ClN4O2S. The summed E-state index contributed by atoms with van der Waals surface area (Å²) < 4.78 is 13.3. The molecule has 5 rings (SSSR count). The highest BCUT2D eigenvalue weighted by Crippen LogP contribution is 2.44. The lowest BCUT2D eigenvalue weighted by molar-refractivity contribution is 0.146. The van der Waals surface area contributed by atoms with Gasteiger partial charge in [-0.25, -0.2) is 0 Å². The number of hydrogen-bond acceptors (Lipinski definition) is 4. The van der Waals surface area contributed by atoms with Gasteiger partial charge in [0.1, 0.15) is 18.4 Å². The van der Waals surface area contributed by atoms with Crippen molar-refractivity contribution >= 4 is 34.6 Å². The first kappa shape index (κ1) is 24.1. The fourth-order valence-corrected chi connectivity index (χ4v) is 5.85. The average Bonchev–Trinajstić information content (AvgIpc) is 3.50. The van der Waals surface area contributed by atoms with Gasteiger partial charge in [-0.1, -0.05) is 36.9 Å². The Kier molecular flexibility index (Phi) is 7.56. The molecular weight excluding hydrogens is 480 g/mol. The molecule has 0 radical (unpaired) electrons. The maximum atomic E-state index is 6.64. The molecule has 0 bridgehead atoms. The molecule has 2 aliphatic rings. The minimum atomic E-state index is -0.0858. The number of thiocarbonyl (C=S) groups is 1. The molecule has 2 aromatic heterocycles. The van der Waals surface area contributed by atoms with Crippen LogP contribution < -0.4 is 15.0 Å². The Morgan fingerprint density at radius 1 is 1.09 bits per heavy atom. The Morgan fingerprint density at radius 2 is 1.94 bits per heavy atom. The fraction of sp³-hybridized carbons (Fsp3) is 0.407. The van der Waals surface area contributed by atoms with Crippen LogP contribution in [0, 0.1) is 0 Å². The van der Waals surface area contributed by atoms with E-state index >= 15 is 0 Å². The number of hydrogen-bond donors (Lipinski definition) is 1. The summed E-state index contributed by atoms with van der Waals surface area (Å²) in [6, 6.07) is 16.6. The largest absolute Gasteiger partial charge is 0.490 e. The van der Waals surface area contributed by atoms with Crippen molar-refractivity contribution in [2.24, 2.45) is 0 Å².